The van der Waals surface area contributed by atoms with Gasteiger partial charge in [0.05, 0.1) is 29.7 Å². The Kier molecular flexibility index (Phi) is 4.93. The van der Waals surface area contributed by atoms with Gasteiger partial charge in [0.25, 0.3) is 15.9 Å². The van der Waals surface area contributed by atoms with Crippen LogP contribution in [0.3, 0.4) is 0 Å². The van der Waals surface area contributed by atoms with Crippen molar-refractivity contribution in [2.75, 3.05) is 18.0 Å². The third kappa shape index (κ3) is 3.39. The molecule has 1 saturated heterocycles. The second-order valence-electron chi connectivity index (χ2n) is 7.60. The van der Waals surface area contributed by atoms with E-state index in [0.29, 0.717) is 18.7 Å². The summed E-state index contributed by atoms with van der Waals surface area (Å²) in [7, 11) is -4.15. The molecule has 0 unspecified atom stereocenters. The van der Waals surface area contributed by atoms with Crippen molar-refractivity contribution in [3.05, 3.63) is 53.6 Å². The lowest BCUT2D eigenvalue weighted by Gasteiger charge is -2.26. The summed E-state index contributed by atoms with van der Waals surface area (Å²) in [5.74, 6) is -1.49. The van der Waals surface area contributed by atoms with Gasteiger partial charge in [-0.1, -0.05) is 23.8 Å². The second kappa shape index (κ2) is 7.32. The quantitative estimate of drug-likeness (QED) is 0.743. The number of aryl methyl sites for hydroxylation is 1. The number of rotatable bonds is 3. The molecule has 0 spiro atoms. The second-order valence-corrected chi connectivity index (χ2v) is 9.46. The van der Waals surface area contributed by atoms with E-state index in [0.717, 1.165) is 9.87 Å². The summed E-state index contributed by atoms with van der Waals surface area (Å²) in [5, 5.41) is 10.4. The standard InChI is InChI=1S/C21H22N2O6S/c1-13-6-8-17(9-7-13)30(27,28)23-11-15-10-16(29-14(2)24)12-22(15)18-4-3-5-19(25)20(18)21(23)26/h3-9,15-16,25H,10-12H2,1-2H3/t15-,16+/m0/s1. The minimum absolute atomic E-state index is 0.00130. The third-order valence-electron chi connectivity index (χ3n) is 5.46. The minimum Gasteiger partial charge on any atom is -0.507 e. The highest BCUT2D eigenvalue weighted by Crippen LogP contribution is 2.39. The highest BCUT2D eigenvalue weighted by molar-refractivity contribution is 7.89. The molecule has 1 fully saturated rings. The van der Waals surface area contributed by atoms with Gasteiger partial charge in [-0.15, -0.1) is 0 Å². The van der Waals surface area contributed by atoms with Crippen LogP contribution in [0.15, 0.2) is 47.4 Å². The lowest BCUT2D eigenvalue weighted by molar-refractivity contribution is -0.145. The number of aromatic hydroxyl groups is 1. The Morgan fingerprint density at radius 1 is 1.13 bits per heavy atom. The first-order valence-corrected chi connectivity index (χ1v) is 11.0. The highest BCUT2D eigenvalue weighted by atomic mass is 32.2. The summed E-state index contributed by atoms with van der Waals surface area (Å²) < 4.78 is 32.9. The summed E-state index contributed by atoms with van der Waals surface area (Å²) in [6.07, 6.45) is -0.0539. The lowest BCUT2D eigenvalue weighted by Crippen LogP contribution is -2.42. The zero-order valence-corrected chi connectivity index (χ0v) is 17.4. The van der Waals surface area contributed by atoms with Crippen LogP contribution >= 0.6 is 0 Å². The number of phenolic OH excluding ortho intramolecular Hbond substituents is 1. The molecule has 30 heavy (non-hydrogen) atoms. The average molecular weight is 430 g/mol. The molecule has 0 aliphatic carbocycles. The summed E-state index contributed by atoms with van der Waals surface area (Å²) in [5.41, 5.74) is 1.26. The molecule has 1 N–H and O–H groups in total. The molecule has 2 aromatic rings. The van der Waals surface area contributed by atoms with Gasteiger partial charge in [0.2, 0.25) is 0 Å². The minimum atomic E-state index is -4.15. The van der Waals surface area contributed by atoms with Gasteiger partial charge in [0.1, 0.15) is 17.4 Å². The number of carbonyl (C=O) groups excluding carboxylic acids is 2. The maximum Gasteiger partial charge on any atom is 0.302 e. The number of sulfonamides is 1. The first-order valence-electron chi connectivity index (χ1n) is 9.58. The van der Waals surface area contributed by atoms with Crippen LogP contribution in [-0.2, 0) is 19.6 Å². The molecular weight excluding hydrogens is 408 g/mol. The van der Waals surface area contributed by atoms with Crippen molar-refractivity contribution in [2.24, 2.45) is 0 Å². The molecule has 8 nitrogen and oxygen atoms in total. The zero-order valence-electron chi connectivity index (χ0n) is 16.6. The van der Waals surface area contributed by atoms with Crippen LogP contribution in [0.1, 0.15) is 29.3 Å². The maximum absolute atomic E-state index is 13.4. The fourth-order valence-electron chi connectivity index (χ4n) is 4.09. The molecule has 2 heterocycles. The fourth-order valence-corrected chi connectivity index (χ4v) is 5.50. The molecule has 2 aromatic carbocycles. The Morgan fingerprint density at radius 3 is 2.50 bits per heavy atom. The topological polar surface area (TPSA) is 104 Å². The Hall–Kier alpha value is -3.07. The number of benzene rings is 2. The predicted octanol–water partition coefficient (Wildman–Crippen LogP) is 2.06. The smallest absolute Gasteiger partial charge is 0.302 e. The largest absolute Gasteiger partial charge is 0.507 e. The molecule has 1 amide bonds. The number of hydrogen-bond donors (Lipinski definition) is 1. The summed E-state index contributed by atoms with van der Waals surface area (Å²) in [6.45, 7) is 3.36. The first-order chi connectivity index (χ1) is 14.2. The summed E-state index contributed by atoms with van der Waals surface area (Å²) in [4.78, 5) is 26.6. The molecule has 2 aliphatic heterocycles. The highest BCUT2D eigenvalue weighted by Gasteiger charge is 2.45. The van der Waals surface area contributed by atoms with Gasteiger partial charge in [-0.25, -0.2) is 12.7 Å². The fraction of sp³-hybridized carbons (Fsp3) is 0.333. The van der Waals surface area contributed by atoms with Crippen LogP contribution in [0.4, 0.5) is 5.69 Å². The summed E-state index contributed by atoms with van der Waals surface area (Å²) in [6, 6.07) is 10.5. The number of anilines is 1. The molecule has 9 heteroatoms. The van der Waals surface area contributed by atoms with Gasteiger partial charge in [-0.2, -0.15) is 0 Å². The molecular formula is C21H22N2O6S. The number of fused-ring (bicyclic) bond motifs is 3. The molecule has 0 bridgehead atoms. The average Bonchev–Trinajstić information content (AvgIpc) is 3.02. The van der Waals surface area contributed by atoms with Crippen LogP contribution in [0, 0.1) is 6.92 Å². The Bertz CT molecular complexity index is 1110. The van der Waals surface area contributed by atoms with E-state index in [2.05, 4.69) is 0 Å². The molecule has 2 atom stereocenters. The van der Waals surface area contributed by atoms with Crippen molar-refractivity contribution in [3.63, 3.8) is 0 Å². The van der Waals surface area contributed by atoms with E-state index in [-0.39, 0.29) is 28.8 Å². The van der Waals surface area contributed by atoms with E-state index in [1.165, 1.54) is 25.1 Å². The number of nitrogens with zero attached hydrogens (tertiary/aromatic N) is 2. The van der Waals surface area contributed by atoms with E-state index in [1.54, 1.807) is 24.3 Å². The number of phenols is 1. The monoisotopic (exact) mass is 430 g/mol. The van der Waals surface area contributed by atoms with E-state index in [9.17, 15) is 23.1 Å². The van der Waals surface area contributed by atoms with E-state index < -0.39 is 28.0 Å². The van der Waals surface area contributed by atoms with Gasteiger partial charge in [0.15, 0.2) is 0 Å². The molecule has 4 rings (SSSR count). The molecule has 0 aromatic heterocycles. The van der Waals surface area contributed by atoms with E-state index in [4.69, 9.17) is 4.74 Å². The van der Waals surface area contributed by atoms with Crippen molar-refractivity contribution in [1.82, 2.24) is 4.31 Å². The van der Waals surface area contributed by atoms with Gasteiger partial charge in [0, 0.05) is 13.3 Å². The van der Waals surface area contributed by atoms with Crippen LogP contribution in [0.5, 0.6) is 5.75 Å². The number of amides is 1. The number of esters is 1. The molecule has 158 valence electrons. The molecule has 2 aliphatic rings. The van der Waals surface area contributed by atoms with Gasteiger partial charge in [-0.05, 0) is 31.2 Å². The summed E-state index contributed by atoms with van der Waals surface area (Å²) >= 11 is 0. The van der Waals surface area contributed by atoms with Gasteiger partial charge < -0.3 is 14.7 Å². The van der Waals surface area contributed by atoms with Gasteiger partial charge in [-0.3, -0.25) is 9.59 Å². The third-order valence-corrected chi connectivity index (χ3v) is 7.23. The van der Waals surface area contributed by atoms with Crippen LogP contribution in [-0.4, -0.2) is 54.9 Å². The molecule has 0 saturated carbocycles. The maximum atomic E-state index is 13.4. The van der Waals surface area contributed by atoms with Crippen molar-refractivity contribution >= 4 is 27.6 Å². The van der Waals surface area contributed by atoms with Crippen molar-refractivity contribution < 1.29 is 27.9 Å². The normalized spacial score (nSPS) is 21.1. The van der Waals surface area contributed by atoms with Crippen molar-refractivity contribution in [2.45, 2.75) is 37.3 Å². The number of hydrogen-bond acceptors (Lipinski definition) is 7. The Balaban J connectivity index is 1.81. The lowest BCUT2D eigenvalue weighted by atomic mass is 10.1. The number of ether oxygens (including phenoxy) is 1. The predicted molar refractivity (Wildman–Crippen MR) is 109 cm³/mol. The molecule has 0 radical (unpaired) electrons. The van der Waals surface area contributed by atoms with E-state index >= 15 is 0 Å². The first kappa shape index (κ1) is 20.2. The van der Waals surface area contributed by atoms with E-state index in [1.807, 2.05) is 11.8 Å². The van der Waals surface area contributed by atoms with Crippen LogP contribution < -0.4 is 4.90 Å². The zero-order chi connectivity index (χ0) is 21.6. The van der Waals surface area contributed by atoms with Gasteiger partial charge >= 0.3 is 5.97 Å². The number of carbonyl (C=O) groups is 2. The van der Waals surface area contributed by atoms with Crippen LogP contribution in [0.2, 0.25) is 0 Å². The van der Waals surface area contributed by atoms with Crippen molar-refractivity contribution in [1.29, 1.82) is 0 Å². The SMILES string of the molecule is CC(=O)O[C@@H]1C[C@H]2CN(S(=O)(=O)c3ccc(C)cc3)C(=O)c3c(O)cccc3N2C1. The van der Waals surface area contributed by atoms with Crippen molar-refractivity contribution in [3.8, 4) is 5.75 Å². The van der Waals surface area contributed by atoms with Crippen LogP contribution in [0.25, 0.3) is 0 Å². The Morgan fingerprint density at radius 2 is 1.83 bits per heavy atom. The Labute approximate surface area is 174 Å².